The number of hydrogen-bond donors (Lipinski definition) is 0. The highest BCUT2D eigenvalue weighted by atomic mass is 32.2. The van der Waals surface area contributed by atoms with Gasteiger partial charge in [-0.1, -0.05) is 42.5 Å². The minimum Gasteiger partial charge on any atom is -0.489 e. The summed E-state index contributed by atoms with van der Waals surface area (Å²) in [5.41, 5.74) is 2.01. The molecule has 0 bridgehead atoms. The quantitative estimate of drug-likeness (QED) is 0.692. The molecule has 0 saturated carbocycles. The summed E-state index contributed by atoms with van der Waals surface area (Å²) in [6, 6.07) is 17.4. The normalized spacial score (nSPS) is 22.1. The SMILES string of the molecule is CCOC(=O)[C@H]1OS(=O)O[C@@H]1Cc1ccc(OCc2ccccc2)cc1. The lowest BCUT2D eigenvalue weighted by Crippen LogP contribution is -2.34. The Morgan fingerprint density at radius 3 is 2.46 bits per heavy atom. The number of hydrogen-bond acceptors (Lipinski definition) is 6. The number of benzene rings is 2. The van der Waals surface area contributed by atoms with Crippen molar-refractivity contribution in [1.82, 2.24) is 0 Å². The minimum atomic E-state index is -1.93. The molecule has 0 spiro atoms. The number of carbonyl (C=O) groups is 1. The van der Waals surface area contributed by atoms with Crippen LogP contribution in [0.3, 0.4) is 0 Å². The van der Waals surface area contributed by atoms with E-state index in [1.807, 2.05) is 54.6 Å². The van der Waals surface area contributed by atoms with Gasteiger partial charge in [-0.25, -0.2) is 4.79 Å². The first-order valence-corrected chi connectivity index (χ1v) is 9.34. The zero-order valence-electron chi connectivity index (χ0n) is 14.3. The van der Waals surface area contributed by atoms with Crippen LogP contribution in [0.15, 0.2) is 54.6 Å². The molecule has 1 saturated heterocycles. The van der Waals surface area contributed by atoms with Gasteiger partial charge < -0.3 is 9.47 Å². The van der Waals surface area contributed by atoms with Crippen molar-refractivity contribution in [3.63, 3.8) is 0 Å². The van der Waals surface area contributed by atoms with Gasteiger partial charge in [0.2, 0.25) is 6.10 Å². The Morgan fingerprint density at radius 1 is 1.04 bits per heavy atom. The van der Waals surface area contributed by atoms with Crippen LogP contribution in [-0.2, 0) is 42.3 Å². The van der Waals surface area contributed by atoms with Crippen LogP contribution >= 0.6 is 0 Å². The second kappa shape index (κ2) is 8.93. The molecular formula is C19H20O6S. The monoisotopic (exact) mass is 376 g/mol. The summed E-state index contributed by atoms with van der Waals surface area (Å²) < 4.78 is 32.4. The molecule has 7 heteroatoms. The topological polar surface area (TPSA) is 71.1 Å². The van der Waals surface area contributed by atoms with Gasteiger partial charge in [0.25, 0.3) is 0 Å². The van der Waals surface area contributed by atoms with E-state index in [1.165, 1.54) is 0 Å². The molecule has 6 nitrogen and oxygen atoms in total. The van der Waals surface area contributed by atoms with E-state index in [0.717, 1.165) is 16.9 Å². The predicted octanol–water partition coefficient (Wildman–Crippen LogP) is 2.73. The Balaban J connectivity index is 1.58. The molecule has 2 aromatic carbocycles. The third kappa shape index (κ3) is 4.91. The van der Waals surface area contributed by atoms with Crippen molar-refractivity contribution in [2.24, 2.45) is 0 Å². The van der Waals surface area contributed by atoms with E-state index in [0.29, 0.717) is 13.0 Å². The van der Waals surface area contributed by atoms with Crippen molar-refractivity contribution < 1.29 is 26.8 Å². The molecule has 3 atom stereocenters. The molecule has 0 amide bonds. The Kier molecular flexibility index (Phi) is 6.38. The molecule has 2 aromatic rings. The van der Waals surface area contributed by atoms with Gasteiger partial charge in [-0.3, -0.25) is 8.37 Å². The van der Waals surface area contributed by atoms with E-state index in [2.05, 4.69) is 0 Å². The van der Waals surface area contributed by atoms with Gasteiger partial charge in [0.15, 0.2) is 0 Å². The summed E-state index contributed by atoms with van der Waals surface area (Å²) in [5, 5.41) is 0. The van der Waals surface area contributed by atoms with Gasteiger partial charge in [-0.05, 0) is 30.2 Å². The number of rotatable bonds is 7. The van der Waals surface area contributed by atoms with Crippen molar-refractivity contribution in [3.05, 3.63) is 65.7 Å². The zero-order valence-corrected chi connectivity index (χ0v) is 15.1. The molecular weight excluding hydrogens is 356 g/mol. The highest BCUT2D eigenvalue weighted by Gasteiger charge is 2.41. The van der Waals surface area contributed by atoms with Gasteiger partial charge in [-0.2, -0.15) is 4.21 Å². The summed E-state index contributed by atoms with van der Waals surface area (Å²) in [5.74, 6) is 0.179. The molecule has 138 valence electrons. The van der Waals surface area contributed by atoms with Crippen molar-refractivity contribution in [3.8, 4) is 5.75 Å². The van der Waals surface area contributed by atoms with E-state index in [-0.39, 0.29) is 6.61 Å². The smallest absolute Gasteiger partial charge is 0.339 e. The Hall–Kier alpha value is -2.22. The fourth-order valence-electron chi connectivity index (χ4n) is 2.57. The van der Waals surface area contributed by atoms with Gasteiger partial charge in [0, 0.05) is 6.42 Å². The molecule has 1 aliphatic heterocycles. The molecule has 0 aromatic heterocycles. The second-order valence-electron chi connectivity index (χ2n) is 5.73. The maximum absolute atomic E-state index is 11.9. The van der Waals surface area contributed by atoms with Crippen LogP contribution in [-0.4, -0.2) is 29.0 Å². The standard InChI is InChI=1S/C19H20O6S/c1-2-22-19(20)18-17(24-26(21)25-18)12-14-8-10-16(11-9-14)23-13-15-6-4-3-5-7-15/h3-11,17-18H,2,12-13H2,1H3/t17-,18+,26?/m1/s1. The molecule has 1 unspecified atom stereocenters. The van der Waals surface area contributed by atoms with Crippen LogP contribution in [0, 0.1) is 0 Å². The Bertz CT molecular complexity index is 746. The van der Waals surface area contributed by atoms with Gasteiger partial charge in [0.05, 0.1) is 6.61 Å². The van der Waals surface area contributed by atoms with Crippen molar-refractivity contribution in [2.45, 2.75) is 32.2 Å². The van der Waals surface area contributed by atoms with Crippen LogP contribution in [0.25, 0.3) is 0 Å². The minimum absolute atomic E-state index is 0.228. The molecule has 0 radical (unpaired) electrons. The third-order valence-corrected chi connectivity index (χ3v) is 4.62. The number of carbonyl (C=O) groups excluding carboxylic acids is 1. The summed E-state index contributed by atoms with van der Waals surface area (Å²) in [4.78, 5) is 11.9. The van der Waals surface area contributed by atoms with Crippen LogP contribution in [0.5, 0.6) is 5.75 Å². The first-order valence-electron chi connectivity index (χ1n) is 8.34. The molecule has 1 fully saturated rings. The van der Waals surface area contributed by atoms with Crippen LogP contribution in [0.4, 0.5) is 0 Å². The zero-order chi connectivity index (χ0) is 18.4. The molecule has 0 aliphatic carbocycles. The maximum atomic E-state index is 11.9. The molecule has 1 aliphatic rings. The number of esters is 1. The van der Waals surface area contributed by atoms with Crippen LogP contribution in [0.2, 0.25) is 0 Å². The molecule has 26 heavy (non-hydrogen) atoms. The largest absolute Gasteiger partial charge is 0.489 e. The van der Waals surface area contributed by atoms with Crippen molar-refractivity contribution in [2.75, 3.05) is 6.61 Å². The predicted molar refractivity (Wildman–Crippen MR) is 95.4 cm³/mol. The summed E-state index contributed by atoms with van der Waals surface area (Å²) in [6.45, 7) is 2.42. The van der Waals surface area contributed by atoms with E-state index >= 15 is 0 Å². The molecule has 1 heterocycles. The van der Waals surface area contributed by atoms with Gasteiger partial charge in [0.1, 0.15) is 18.5 Å². The first-order chi connectivity index (χ1) is 12.7. The van der Waals surface area contributed by atoms with Crippen LogP contribution in [0.1, 0.15) is 18.1 Å². The van der Waals surface area contributed by atoms with Crippen molar-refractivity contribution in [1.29, 1.82) is 0 Å². The molecule has 3 rings (SSSR count). The summed E-state index contributed by atoms with van der Waals surface area (Å²) in [7, 11) is 0. The lowest BCUT2D eigenvalue weighted by Gasteiger charge is -2.14. The molecule has 0 N–H and O–H groups in total. The fourth-order valence-corrected chi connectivity index (χ4v) is 3.36. The number of ether oxygens (including phenoxy) is 2. The van der Waals surface area contributed by atoms with Gasteiger partial charge >= 0.3 is 17.3 Å². The average molecular weight is 376 g/mol. The summed E-state index contributed by atoms with van der Waals surface area (Å²) >= 11 is -1.93. The third-order valence-electron chi connectivity index (χ3n) is 3.85. The van der Waals surface area contributed by atoms with E-state index in [1.54, 1.807) is 6.92 Å². The second-order valence-corrected chi connectivity index (χ2v) is 6.52. The highest BCUT2D eigenvalue weighted by Crippen LogP contribution is 2.24. The van der Waals surface area contributed by atoms with Gasteiger partial charge in [-0.15, -0.1) is 0 Å². The van der Waals surface area contributed by atoms with E-state index in [9.17, 15) is 9.00 Å². The lowest BCUT2D eigenvalue weighted by molar-refractivity contribution is -0.152. The van der Waals surface area contributed by atoms with Crippen LogP contribution < -0.4 is 4.74 Å². The van der Waals surface area contributed by atoms with Crippen molar-refractivity contribution >= 4 is 17.3 Å². The fraction of sp³-hybridized carbons (Fsp3) is 0.316. The Labute approximate surface area is 154 Å². The highest BCUT2D eigenvalue weighted by molar-refractivity contribution is 7.75. The lowest BCUT2D eigenvalue weighted by atomic mass is 10.0. The average Bonchev–Trinajstić information content (AvgIpc) is 3.02. The van der Waals surface area contributed by atoms with E-state index in [4.69, 9.17) is 17.8 Å². The maximum Gasteiger partial charge on any atom is 0.339 e. The van der Waals surface area contributed by atoms with E-state index < -0.39 is 29.5 Å². The summed E-state index contributed by atoms with van der Waals surface area (Å²) in [6.07, 6.45) is -1.25. The Morgan fingerprint density at radius 2 is 1.77 bits per heavy atom. The first kappa shape index (κ1) is 18.6.